The van der Waals surface area contributed by atoms with Crippen LogP contribution in [0.25, 0.3) is 27.0 Å². The number of fused-ring (bicyclic) bond motifs is 1. The Hall–Kier alpha value is -2.97. The zero-order valence-electron chi connectivity index (χ0n) is 15.6. The van der Waals surface area contributed by atoms with Crippen molar-refractivity contribution in [2.45, 2.75) is 12.1 Å². The number of pyridine rings is 1. The summed E-state index contributed by atoms with van der Waals surface area (Å²) in [5, 5.41) is 2.94. The van der Waals surface area contributed by atoms with Gasteiger partial charge in [-0.2, -0.15) is 0 Å². The zero-order valence-corrected chi connectivity index (χ0v) is 17.2. The SMILES string of the molecule is CCOC(=O)CSc1nc2scc(-c3ccccc3)c2c(=O)n1-c1cccnc1. The number of carbonyl (C=O) groups excluding carboxylic acids is 1. The Kier molecular flexibility index (Phi) is 5.73. The molecule has 0 amide bonds. The van der Waals surface area contributed by atoms with E-state index in [9.17, 15) is 9.59 Å². The van der Waals surface area contributed by atoms with E-state index in [2.05, 4.69) is 4.98 Å². The Bertz CT molecular complexity index is 1200. The van der Waals surface area contributed by atoms with Gasteiger partial charge in [-0.25, -0.2) is 4.98 Å². The van der Waals surface area contributed by atoms with Crippen molar-refractivity contribution in [3.8, 4) is 16.8 Å². The van der Waals surface area contributed by atoms with E-state index < -0.39 is 0 Å². The summed E-state index contributed by atoms with van der Waals surface area (Å²) in [4.78, 5) is 34.9. The number of carbonyl (C=O) groups is 1. The Morgan fingerprint density at radius 1 is 1.21 bits per heavy atom. The molecule has 0 atom stereocenters. The number of aromatic nitrogens is 3. The van der Waals surface area contributed by atoms with Crippen LogP contribution in [0.4, 0.5) is 0 Å². The van der Waals surface area contributed by atoms with E-state index in [4.69, 9.17) is 9.72 Å². The Morgan fingerprint density at radius 3 is 2.76 bits per heavy atom. The minimum atomic E-state index is -0.347. The van der Waals surface area contributed by atoms with Crippen LogP contribution in [0.3, 0.4) is 0 Å². The average Bonchev–Trinajstić information content (AvgIpc) is 3.18. The molecular formula is C21H17N3O3S2. The zero-order chi connectivity index (χ0) is 20.2. The molecule has 0 spiro atoms. The molecule has 8 heteroatoms. The molecule has 29 heavy (non-hydrogen) atoms. The molecule has 0 saturated carbocycles. The highest BCUT2D eigenvalue weighted by atomic mass is 32.2. The van der Waals surface area contributed by atoms with E-state index in [1.807, 2.05) is 35.7 Å². The van der Waals surface area contributed by atoms with Gasteiger partial charge in [-0.15, -0.1) is 11.3 Å². The molecule has 0 unspecified atom stereocenters. The summed E-state index contributed by atoms with van der Waals surface area (Å²) in [7, 11) is 0. The maximum absolute atomic E-state index is 13.5. The lowest BCUT2D eigenvalue weighted by molar-refractivity contribution is -0.139. The van der Waals surface area contributed by atoms with Crippen LogP contribution in [0.2, 0.25) is 0 Å². The highest BCUT2D eigenvalue weighted by molar-refractivity contribution is 7.99. The summed E-state index contributed by atoms with van der Waals surface area (Å²) in [6.07, 6.45) is 3.25. The molecule has 1 aromatic carbocycles. The molecule has 4 aromatic rings. The van der Waals surface area contributed by atoms with Gasteiger partial charge in [0.15, 0.2) is 5.16 Å². The Labute approximate surface area is 175 Å². The third-order valence-corrected chi connectivity index (χ3v) is 5.97. The number of thiophene rings is 1. The summed E-state index contributed by atoms with van der Waals surface area (Å²) >= 11 is 2.60. The topological polar surface area (TPSA) is 74.1 Å². The van der Waals surface area contributed by atoms with Crippen LogP contribution in [-0.2, 0) is 9.53 Å². The van der Waals surface area contributed by atoms with Gasteiger partial charge in [-0.3, -0.25) is 19.1 Å². The largest absolute Gasteiger partial charge is 0.465 e. The van der Waals surface area contributed by atoms with E-state index in [1.165, 1.54) is 27.7 Å². The standard InChI is InChI=1S/C21H17N3O3S2/c1-2-27-17(25)13-29-21-23-19-18(16(12-28-19)14-7-4-3-5-8-14)20(26)24(21)15-9-6-10-22-11-15/h3-12H,2,13H2,1H3. The third kappa shape index (κ3) is 3.94. The van der Waals surface area contributed by atoms with Gasteiger partial charge in [0.25, 0.3) is 5.56 Å². The molecule has 0 radical (unpaired) electrons. The van der Waals surface area contributed by atoms with Crippen molar-refractivity contribution in [2.75, 3.05) is 12.4 Å². The maximum Gasteiger partial charge on any atom is 0.316 e. The molecule has 0 aliphatic carbocycles. The van der Waals surface area contributed by atoms with Crippen molar-refractivity contribution < 1.29 is 9.53 Å². The summed E-state index contributed by atoms with van der Waals surface area (Å²) in [5.74, 6) is -0.274. The molecule has 0 aliphatic heterocycles. The van der Waals surface area contributed by atoms with Crippen LogP contribution in [-0.4, -0.2) is 32.9 Å². The van der Waals surface area contributed by atoms with Crippen molar-refractivity contribution in [3.63, 3.8) is 0 Å². The fourth-order valence-electron chi connectivity index (χ4n) is 2.94. The van der Waals surface area contributed by atoms with E-state index in [1.54, 1.807) is 31.5 Å². The molecular weight excluding hydrogens is 406 g/mol. The van der Waals surface area contributed by atoms with Gasteiger partial charge in [0.05, 0.1) is 29.6 Å². The molecule has 6 nitrogen and oxygen atoms in total. The average molecular weight is 424 g/mol. The second kappa shape index (κ2) is 8.59. The van der Waals surface area contributed by atoms with Gasteiger partial charge in [-0.1, -0.05) is 42.1 Å². The highest BCUT2D eigenvalue weighted by Crippen LogP contribution is 2.32. The number of hydrogen-bond acceptors (Lipinski definition) is 7. The number of benzene rings is 1. The first-order valence-electron chi connectivity index (χ1n) is 8.97. The molecule has 4 rings (SSSR count). The van der Waals surface area contributed by atoms with Crippen LogP contribution < -0.4 is 5.56 Å². The minimum Gasteiger partial charge on any atom is -0.465 e. The Morgan fingerprint density at radius 2 is 2.03 bits per heavy atom. The summed E-state index contributed by atoms with van der Waals surface area (Å²) in [6.45, 7) is 2.07. The summed E-state index contributed by atoms with van der Waals surface area (Å²) in [6, 6.07) is 13.3. The number of hydrogen-bond donors (Lipinski definition) is 0. The van der Waals surface area contributed by atoms with Crippen LogP contribution in [0.15, 0.2) is 70.2 Å². The first-order chi connectivity index (χ1) is 14.2. The predicted molar refractivity (Wildman–Crippen MR) is 116 cm³/mol. The first-order valence-corrected chi connectivity index (χ1v) is 10.8. The second-order valence-electron chi connectivity index (χ2n) is 6.04. The van der Waals surface area contributed by atoms with Crippen molar-refractivity contribution >= 4 is 39.3 Å². The number of ether oxygens (including phenoxy) is 1. The van der Waals surface area contributed by atoms with Crippen LogP contribution >= 0.6 is 23.1 Å². The number of nitrogens with zero attached hydrogens (tertiary/aromatic N) is 3. The van der Waals surface area contributed by atoms with E-state index in [-0.39, 0.29) is 17.3 Å². The van der Waals surface area contributed by atoms with Crippen LogP contribution in [0, 0.1) is 0 Å². The number of rotatable bonds is 6. The monoisotopic (exact) mass is 423 g/mol. The molecule has 0 aliphatic rings. The van der Waals surface area contributed by atoms with E-state index in [0.717, 1.165) is 11.1 Å². The van der Waals surface area contributed by atoms with E-state index in [0.29, 0.717) is 27.7 Å². The lowest BCUT2D eigenvalue weighted by atomic mass is 10.1. The van der Waals surface area contributed by atoms with Crippen molar-refractivity contribution in [1.82, 2.24) is 14.5 Å². The third-order valence-electron chi connectivity index (χ3n) is 4.19. The molecule has 146 valence electrons. The summed E-state index contributed by atoms with van der Waals surface area (Å²) < 4.78 is 6.52. The van der Waals surface area contributed by atoms with Gasteiger partial charge in [-0.05, 0) is 24.6 Å². The molecule has 3 heterocycles. The lowest BCUT2D eigenvalue weighted by Gasteiger charge is -2.12. The fourth-order valence-corrected chi connectivity index (χ4v) is 4.74. The molecule has 0 bridgehead atoms. The maximum atomic E-state index is 13.5. The molecule has 0 fully saturated rings. The number of thioether (sulfide) groups is 1. The molecule has 3 aromatic heterocycles. The van der Waals surface area contributed by atoms with Gasteiger partial charge >= 0.3 is 5.97 Å². The van der Waals surface area contributed by atoms with E-state index >= 15 is 0 Å². The number of esters is 1. The first kappa shape index (κ1) is 19.4. The fraction of sp³-hybridized carbons (Fsp3) is 0.143. The Balaban J connectivity index is 1.89. The quantitative estimate of drug-likeness (QED) is 0.263. The normalized spacial score (nSPS) is 10.9. The van der Waals surface area contributed by atoms with Crippen LogP contribution in [0.1, 0.15) is 6.92 Å². The molecule has 0 saturated heterocycles. The highest BCUT2D eigenvalue weighted by Gasteiger charge is 2.19. The predicted octanol–water partition coefficient (Wildman–Crippen LogP) is 4.16. The van der Waals surface area contributed by atoms with Crippen molar-refractivity contribution in [1.29, 1.82) is 0 Å². The van der Waals surface area contributed by atoms with Crippen molar-refractivity contribution in [3.05, 3.63) is 70.6 Å². The van der Waals surface area contributed by atoms with Crippen molar-refractivity contribution in [2.24, 2.45) is 0 Å². The van der Waals surface area contributed by atoms with Gasteiger partial charge in [0, 0.05) is 17.1 Å². The minimum absolute atomic E-state index is 0.0724. The smallest absolute Gasteiger partial charge is 0.316 e. The second-order valence-corrected chi connectivity index (χ2v) is 7.84. The summed E-state index contributed by atoms with van der Waals surface area (Å²) in [5.41, 5.74) is 2.22. The van der Waals surface area contributed by atoms with Gasteiger partial charge in [0.1, 0.15) is 4.83 Å². The molecule has 0 N–H and O–H groups in total. The van der Waals surface area contributed by atoms with Gasteiger partial charge < -0.3 is 4.74 Å². The lowest BCUT2D eigenvalue weighted by Crippen LogP contribution is -2.22. The van der Waals surface area contributed by atoms with Gasteiger partial charge in [0.2, 0.25) is 0 Å². The van der Waals surface area contributed by atoms with Crippen LogP contribution in [0.5, 0.6) is 0 Å².